The van der Waals surface area contributed by atoms with Gasteiger partial charge in [-0.1, -0.05) is 5.21 Å². The average molecular weight is 223 g/mol. The van der Waals surface area contributed by atoms with Crippen LogP contribution in [0, 0.1) is 0 Å². The first-order chi connectivity index (χ1) is 7.56. The molecule has 8 heteroatoms. The fraction of sp³-hybridized carbons (Fsp3) is 0.375. The highest BCUT2D eigenvalue weighted by molar-refractivity contribution is 6.07. The zero-order valence-electron chi connectivity index (χ0n) is 8.43. The van der Waals surface area contributed by atoms with E-state index < -0.39 is 23.8 Å². The lowest BCUT2D eigenvalue weighted by Gasteiger charge is -2.06. The summed E-state index contributed by atoms with van der Waals surface area (Å²) in [6.07, 6.45) is 1.38. The van der Waals surface area contributed by atoms with Crippen molar-refractivity contribution in [3.05, 3.63) is 11.9 Å². The minimum absolute atomic E-state index is 0.0369. The normalized spacial score (nSPS) is 19.7. The number of hydrogen-bond acceptors (Lipinski definition) is 5. The highest BCUT2D eigenvalue weighted by Crippen LogP contribution is 2.02. The summed E-state index contributed by atoms with van der Waals surface area (Å²) < 4.78 is 1.37. The zero-order valence-corrected chi connectivity index (χ0v) is 8.43. The van der Waals surface area contributed by atoms with Crippen LogP contribution in [0.5, 0.6) is 0 Å². The molecule has 8 nitrogen and oxygen atoms in total. The van der Waals surface area contributed by atoms with Gasteiger partial charge >= 0.3 is 0 Å². The maximum Gasteiger partial charge on any atom is 0.274 e. The molecule has 1 fully saturated rings. The molecule has 3 amide bonds. The Labute approximate surface area is 90.0 Å². The number of imide groups is 1. The van der Waals surface area contributed by atoms with Gasteiger partial charge < -0.3 is 5.32 Å². The van der Waals surface area contributed by atoms with Crippen LogP contribution in [0.15, 0.2) is 6.20 Å². The minimum Gasteiger partial charge on any atom is -0.338 e. The number of nitrogens with one attached hydrogen (secondary N) is 2. The van der Waals surface area contributed by atoms with E-state index in [1.54, 1.807) is 7.05 Å². The molecule has 2 rings (SSSR count). The van der Waals surface area contributed by atoms with E-state index in [9.17, 15) is 14.4 Å². The van der Waals surface area contributed by atoms with Gasteiger partial charge in [-0.05, 0) is 0 Å². The second kappa shape index (κ2) is 3.72. The van der Waals surface area contributed by atoms with E-state index in [4.69, 9.17) is 0 Å². The van der Waals surface area contributed by atoms with Crippen LogP contribution in [-0.2, 0) is 16.6 Å². The lowest BCUT2D eigenvalue weighted by molar-refractivity contribution is -0.125. The van der Waals surface area contributed by atoms with Crippen molar-refractivity contribution in [3.63, 3.8) is 0 Å². The number of rotatable bonds is 2. The first-order valence-corrected chi connectivity index (χ1v) is 4.57. The average Bonchev–Trinajstić information content (AvgIpc) is 2.74. The summed E-state index contributed by atoms with van der Waals surface area (Å²) in [5, 5.41) is 11.7. The molecule has 1 unspecified atom stereocenters. The van der Waals surface area contributed by atoms with Crippen LogP contribution >= 0.6 is 0 Å². The van der Waals surface area contributed by atoms with Crippen LogP contribution in [-0.4, -0.2) is 38.8 Å². The summed E-state index contributed by atoms with van der Waals surface area (Å²) >= 11 is 0. The second-order valence-corrected chi connectivity index (χ2v) is 3.42. The Hall–Kier alpha value is -2.25. The molecule has 84 valence electrons. The number of nitrogens with zero attached hydrogens (tertiary/aromatic N) is 3. The predicted molar refractivity (Wildman–Crippen MR) is 50.0 cm³/mol. The highest BCUT2D eigenvalue weighted by Gasteiger charge is 2.32. The molecular weight excluding hydrogens is 214 g/mol. The van der Waals surface area contributed by atoms with Crippen molar-refractivity contribution < 1.29 is 14.4 Å². The fourth-order valence-corrected chi connectivity index (χ4v) is 1.35. The lowest BCUT2D eigenvalue weighted by atomic mass is 10.2. The van der Waals surface area contributed by atoms with Crippen molar-refractivity contribution >= 4 is 17.7 Å². The van der Waals surface area contributed by atoms with Gasteiger partial charge in [-0.25, -0.2) is 0 Å². The maximum atomic E-state index is 11.5. The second-order valence-electron chi connectivity index (χ2n) is 3.42. The Bertz CT molecular complexity index is 466. The van der Waals surface area contributed by atoms with E-state index in [0.29, 0.717) is 0 Å². The topological polar surface area (TPSA) is 106 Å². The molecule has 1 aliphatic rings. The number of carbonyl (C=O) groups is 3. The summed E-state index contributed by atoms with van der Waals surface area (Å²) in [4.78, 5) is 33.6. The van der Waals surface area contributed by atoms with E-state index >= 15 is 0 Å². The van der Waals surface area contributed by atoms with Crippen molar-refractivity contribution in [2.24, 2.45) is 7.05 Å². The molecular formula is C8H9N5O3. The molecule has 1 saturated heterocycles. The third-order valence-corrected chi connectivity index (χ3v) is 2.11. The Morgan fingerprint density at radius 2 is 2.38 bits per heavy atom. The van der Waals surface area contributed by atoms with Crippen molar-refractivity contribution in [2.45, 2.75) is 12.5 Å². The van der Waals surface area contributed by atoms with Crippen molar-refractivity contribution in [2.75, 3.05) is 0 Å². The molecule has 0 aromatic carbocycles. The van der Waals surface area contributed by atoms with Crippen LogP contribution in [0.4, 0.5) is 0 Å². The third kappa shape index (κ3) is 1.90. The van der Waals surface area contributed by atoms with Gasteiger partial charge in [0, 0.05) is 7.05 Å². The summed E-state index contributed by atoms with van der Waals surface area (Å²) in [5.74, 6) is -1.42. The largest absolute Gasteiger partial charge is 0.338 e. The Kier molecular flexibility index (Phi) is 2.39. The SMILES string of the molecule is Cn1cc(C(=O)NC2CC(=O)NC2=O)nn1. The maximum absolute atomic E-state index is 11.5. The number of carbonyl (C=O) groups excluding carboxylic acids is 3. The van der Waals surface area contributed by atoms with Gasteiger partial charge in [0.05, 0.1) is 12.6 Å². The van der Waals surface area contributed by atoms with Gasteiger partial charge in [0.2, 0.25) is 11.8 Å². The molecule has 1 aromatic rings. The van der Waals surface area contributed by atoms with E-state index in [2.05, 4.69) is 20.9 Å². The first-order valence-electron chi connectivity index (χ1n) is 4.57. The molecule has 0 saturated carbocycles. The Balaban J connectivity index is 2.03. The molecule has 1 aliphatic heterocycles. The molecule has 2 N–H and O–H groups in total. The van der Waals surface area contributed by atoms with E-state index in [-0.39, 0.29) is 12.1 Å². The predicted octanol–water partition coefficient (Wildman–Crippen LogP) is -2.04. The van der Waals surface area contributed by atoms with Gasteiger partial charge in [0.15, 0.2) is 5.69 Å². The molecule has 0 spiro atoms. The summed E-state index contributed by atoms with van der Waals surface area (Å²) in [5.41, 5.74) is 0.106. The van der Waals surface area contributed by atoms with Gasteiger partial charge in [0.25, 0.3) is 5.91 Å². The number of amides is 3. The summed E-state index contributed by atoms with van der Waals surface area (Å²) in [6, 6.07) is -0.818. The number of aryl methyl sites for hydroxylation is 1. The summed E-state index contributed by atoms with van der Waals surface area (Å²) in [6.45, 7) is 0. The quantitative estimate of drug-likeness (QED) is 0.562. The summed E-state index contributed by atoms with van der Waals surface area (Å²) in [7, 11) is 1.62. The van der Waals surface area contributed by atoms with E-state index in [1.165, 1.54) is 10.9 Å². The lowest BCUT2D eigenvalue weighted by Crippen LogP contribution is -2.40. The van der Waals surface area contributed by atoms with Crippen LogP contribution < -0.4 is 10.6 Å². The van der Waals surface area contributed by atoms with Gasteiger partial charge in [-0.15, -0.1) is 5.10 Å². The van der Waals surface area contributed by atoms with Crippen LogP contribution in [0.2, 0.25) is 0 Å². The highest BCUT2D eigenvalue weighted by atomic mass is 16.2. The smallest absolute Gasteiger partial charge is 0.274 e. The first kappa shape index (κ1) is 10.3. The van der Waals surface area contributed by atoms with Crippen molar-refractivity contribution in [1.82, 2.24) is 25.6 Å². The van der Waals surface area contributed by atoms with Crippen LogP contribution in [0.25, 0.3) is 0 Å². The van der Waals surface area contributed by atoms with Crippen LogP contribution in [0.1, 0.15) is 16.9 Å². The molecule has 1 aromatic heterocycles. The van der Waals surface area contributed by atoms with Gasteiger partial charge in [-0.2, -0.15) is 0 Å². The van der Waals surface area contributed by atoms with Gasteiger partial charge in [-0.3, -0.25) is 24.4 Å². The molecule has 0 aliphatic carbocycles. The molecule has 0 bridgehead atoms. The molecule has 0 radical (unpaired) electrons. The zero-order chi connectivity index (χ0) is 11.7. The number of aromatic nitrogens is 3. The van der Waals surface area contributed by atoms with Crippen LogP contribution in [0.3, 0.4) is 0 Å². The third-order valence-electron chi connectivity index (χ3n) is 2.11. The van der Waals surface area contributed by atoms with Crippen molar-refractivity contribution in [1.29, 1.82) is 0 Å². The van der Waals surface area contributed by atoms with Crippen molar-refractivity contribution in [3.8, 4) is 0 Å². The molecule has 16 heavy (non-hydrogen) atoms. The standard InChI is InChI=1S/C8H9N5O3/c1-13-3-5(11-12-13)8(16)9-4-2-6(14)10-7(4)15/h3-4H,2H2,1H3,(H,9,16)(H,10,14,15). The minimum atomic E-state index is -0.818. The van der Waals surface area contributed by atoms with E-state index in [0.717, 1.165) is 0 Å². The molecule has 1 atom stereocenters. The fourth-order valence-electron chi connectivity index (χ4n) is 1.35. The molecule has 2 heterocycles. The van der Waals surface area contributed by atoms with E-state index in [1.807, 2.05) is 0 Å². The van der Waals surface area contributed by atoms with Gasteiger partial charge in [0.1, 0.15) is 6.04 Å². The number of hydrogen-bond donors (Lipinski definition) is 2. The monoisotopic (exact) mass is 223 g/mol. The Morgan fingerprint density at radius 1 is 1.62 bits per heavy atom. The Morgan fingerprint density at radius 3 is 2.88 bits per heavy atom.